The molecule has 0 amide bonds. The third-order valence-corrected chi connectivity index (χ3v) is 3.86. The van der Waals surface area contributed by atoms with Crippen molar-refractivity contribution in [1.29, 1.82) is 0 Å². The van der Waals surface area contributed by atoms with E-state index < -0.39 is 0 Å². The minimum absolute atomic E-state index is 0.449. The summed E-state index contributed by atoms with van der Waals surface area (Å²) in [5, 5.41) is 3.91. The van der Waals surface area contributed by atoms with E-state index in [-0.39, 0.29) is 0 Å². The predicted molar refractivity (Wildman–Crippen MR) is 88.9 cm³/mol. The summed E-state index contributed by atoms with van der Waals surface area (Å²) in [7, 11) is 0. The fraction of sp³-hybridized carbons (Fsp3) is 0.375. The molecule has 0 bridgehead atoms. The first-order chi connectivity index (χ1) is 10.1. The Kier molecular flexibility index (Phi) is 6.15. The Morgan fingerprint density at radius 2 is 2.14 bits per heavy atom. The molecule has 0 aliphatic heterocycles. The predicted octanol–water partition coefficient (Wildman–Crippen LogP) is 5.08. The molecule has 1 aromatic heterocycles. The van der Waals surface area contributed by atoms with Crippen molar-refractivity contribution in [2.45, 2.75) is 33.4 Å². The van der Waals surface area contributed by atoms with Crippen LogP contribution < -0.4 is 10.1 Å². The van der Waals surface area contributed by atoms with Gasteiger partial charge in [-0.25, -0.2) is 0 Å². The monoisotopic (exact) mass is 371 g/mol. The Labute approximate surface area is 138 Å². The molecule has 0 atom stereocenters. The summed E-state index contributed by atoms with van der Waals surface area (Å²) in [6.45, 7) is 6.27. The van der Waals surface area contributed by atoms with Gasteiger partial charge in [0.1, 0.15) is 23.9 Å². The normalized spacial score (nSPS) is 10.9. The molecule has 0 unspecified atom stereocenters. The lowest BCUT2D eigenvalue weighted by atomic mass is 10.2. The fourth-order valence-corrected chi connectivity index (χ4v) is 2.68. The Bertz CT molecular complexity index is 598. The summed E-state index contributed by atoms with van der Waals surface area (Å²) in [6.07, 6.45) is 1.11. The zero-order valence-corrected chi connectivity index (χ0v) is 14.6. The van der Waals surface area contributed by atoms with Gasteiger partial charge in [0.2, 0.25) is 0 Å². The van der Waals surface area contributed by atoms with E-state index in [4.69, 9.17) is 20.8 Å². The number of benzene rings is 1. The maximum atomic E-state index is 6.14. The molecule has 3 nitrogen and oxygen atoms in total. The van der Waals surface area contributed by atoms with Crippen LogP contribution >= 0.6 is 27.5 Å². The van der Waals surface area contributed by atoms with Crippen LogP contribution in [0.5, 0.6) is 5.75 Å². The minimum atomic E-state index is 0.449. The third kappa shape index (κ3) is 4.77. The number of hydrogen-bond acceptors (Lipinski definition) is 3. The van der Waals surface area contributed by atoms with E-state index in [0.717, 1.165) is 41.1 Å². The van der Waals surface area contributed by atoms with E-state index in [9.17, 15) is 0 Å². The van der Waals surface area contributed by atoms with Gasteiger partial charge in [-0.05, 0) is 44.2 Å². The topological polar surface area (TPSA) is 34.4 Å². The van der Waals surface area contributed by atoms with Crippen molar-refractivity contribution in [3.05, 3.63) is 50.8 Å². The molecule has 2 aromatic rings. The van der Waals surface area contributed by atoms with Crippen LogP contribution in [0.15, 0.2) is 33.2 Å². The largest absolute Gasteiger partial charge is 0.487 e. The van der Waals surface area contributed by atoms with Crippen molar-refractivity contribution >= 4 is 27.5 Å². The highest BCUT2D eigenvalue weighted by atomic mass is 79.9. The van der Waals surface area contributed by atoms with Gasteiger partial charge in [-0.3, -0.25) is 0 Å². The van der Waals surface area contributed by atoms with Gasteiger partial charge in [0.25, 0.3) is 0 Å². The highest BCUT2D eigenvalue weighted by molar-refractivity contribution is 9.10. The van der Waals surface area contributed by atoms with E-state index >= 15 is 0 Å². The second kappa shape index (κ2) is 7.87. The van der Waals surface area contributed by atoms with Crippen molar-refractivity contribution in [1.82, 2.24) is 5.32 Å². The Morgan fingerprint density at radius 1 is 1.33 bits per heavy atom. The van der Waals surface area contributed by atoms with Crippen molar-refractivity contribution in [2.24, 2.45) is 0 Å². The molecule has 2 rings (SSSR count). The third-order valence-electron chi connectivity index (χ3n) is 3.07. The van der Waals surface area contributed by atoms with Crippen LogP contribution in [0.4, 0.5) is 0 Å². The molecule has 0 saturated heterocycles. The summed E-state index contributed by atoms with van der Waals surface area (Å²) in [6, 6.07) is 7.61. The van der Waals surface area contributed by atoms with Crippen molar-refractivity contribution < 1.29 is 9.15 Å². The van der Waals surface area contributed by atoms with E-state index in [0.29, 0.717) is 17.4 Å². The molecule has 1 heterocycles. The van der Waals surface area contributed by atoms with E-state index in [1.807, 2.05) is 31.2 Å². The smallest absolute Gasteiger partial charge is 0.138 e. The zero-order chi connectivity index (χ0) is 15.2. The summed E-state index contributed by atoms with van der Waals surface area (Å²) in [4.78, 5) is 0. The first-order valence-electron chi connectivity index (χ1n) is 6.97. The van der Waals surface area contributed by atoms with Crippen LogP contribution in [0, 0.1) is 6.92 Å². The van der Waals surface area contributed by atoms with Crippen LogP contribution in [0.3, 0.4) is 0 Å². The second-order valence-corrected chi connectivity index (χ2v) is 6.16. The van der Waals surface area contributed by atoms with Crippen LogP contribution in [0.2, 0.25) is 5.02 Å². The van der Waals surface area contributed by atoms with E-state index in [1.165, 1.54) is 0 Å². The number of hydrogen-bond donors (Lipinski definition) is 1. The molecule has 0 aliphatic carbocycles. The van der Waals surface area contributed by atoms with Crippen LogP contribution in [-0.2, 0) is 13.2 Å². The molecule has 1 N–H and O–H groups in total. The quantitative estimate of drug-likeness (QED) is 0.688. The maximum Gasteiger partial charge on any atom is 0.138 e. The molecular formula is C16H19BrClNO2. The van der Waals surface area contributed by atoms with Gasteiger partial charge >= 0.3 is 0 Å². The van der Waals surface area contributed by atoms with Gasteiger partial charge in [-0.2, -0.15) is 0 Å². The second-order valence-electron chi connectivity index (χ2n) is 4.83. The molecule has 0 fully saturated rings. The van der Waals surface area contributed by atoms with Crippen LogP contribution in [0.25, 0.3) is 0 Å². The number of furan rings is 1. The molecular weight excluding hydrogens is 354 g/mol. The van der Waals surface area contributed by atoms with Crippen molar-refractivity contribution in [3.8, 4) is 5.75 Å². The number of halogens is 2. The summed E-state index contributed by atoms with van der Waals surface area (Å²) in [5.41, 5.74) is 1.04. The summed E-state index contributed by atoms with van der Waals surface area (Å²) >= 11 is 9.51. The lowest BCUT2D eigenvalue weighted by molar-refractivity contribution is 0.303. The Hall–Kier alpha value is -0.970. The maximum absolute atomic E-state index is 6.14. The van der Waals surface area contributed by atoms with Gasteiger partial charge in [-0.15, -0.1) is 0 Å². The number of nitrogens with one attached hydrogen (secondary N) is 1. The fourth-order valence-electron chi connectivity index (χ4n) is 1.95. The number of rotatable bonds is 7. The Balaban J connectivity index is 1.96. The first kappa shape index (κ1) is 16.4. The molecule has 1 aromatic carbocycles. The highest BCUT2D eigenvalue weighted by Gasteiger charge is 2.09. The molecule has 21 heavy (non-hydrogen) atoms. The van der Waals surface area contributed by atoms with Crippen LogP contribution in [-0.4, -0.2) is 6.54 Å². The standard InChI is InChI=1S/C16H19BrClNO2/c1-3-6-19-9-14-7-12(11(2)21-14)10-20-16-5-4-13(17)8-15(16)18/h4-5,7-8,19H,3,6,9-10H2,1-2H3. The number of ether oxygens (including phenoxy) is 1. The van der Waals surface area contributed by atoms with Gasteiger partial charge < -0.3 is 14.5 Å². The summed E-state index contributed by atoms with van der Waals surface area (Å²) < 4.78 is 12.4. The molecule has 0 radical (unpaired) electrons. The van der Waals surface area contributed by atoms with Gasteiger partial charge in [0, 0.05) is 10.0 Å². The molecule has 5 heteroatoms. The average Bonchev–Trinajstić information content (AvgIpc) is 2.79. The van der Waals surface area contributed by atoms with Crippen molar-refractivity contribution in [3.63, 3.8) is 0 Å². The van der Waals surface area contributed by atoms with Gasteiger partial charge in [-0.1, -0.05) is 34.5 Å². The van der Waals surface area contributed by atoms with E-state index in [2.05, 4.69) is 28.2 Å². The summed E-state index contributed by atoms with van der Waals surface area (Å²) in [5.74, 6) is 2.49. The lowest BCUT2D eigenvalue weighted by Crippen LogP contribution is -2.13. The van der Waals surface area contributed by atoms with Gasteiger partial charge in [0.05, 0.1) is 11.6 Å². The van der Waals surface area contributed by atoms with Gasteiger partial charge in [0.15, 0.2) is 0 Å². The molecule has 0 aliphatic rings. The molecule has 114 valence electrons. The molecule has 0 saturated carbocycles. The lowest BCUT2D eigenvalue weighted by Gasteiger charge is -2.07. The SMILES string of the molecule is CCCNCc1cc(COc2ccc(Br)cc2Cl)c(C)o1. The number of aryl methyl sites for hydroxylation is 1. The van der Waals surface area contributed by atoms with Crippen molar-refractivity contribution in [2.75, 3.05) is 6.54 Å². The van der Waals surface area contributed by atoms with E-state index in [1.54, 1.807) is 0 Å². The first-order valence-corrected chi connectivity index (χ1v) is 8.14. The Morgan fingerprint density at radius 3 is 2.86 bits per heavy atom. The minimum Gasteiger partial charge on any atom is -0.487 e. The zero-order valence-electron chi connectivity index (χ0n) is 12.2. The molecule has 0 spiro atoms. The highest BCUT2D eigenvalue weighted by Crippen LogP contribution is 2.29. The van der Waals surface area contributed by atoms with Crippen LogP contribution in [0.1, 0.15) is 30.4 Å². The average molecular weight is 373 g/mol.